The summed E-state index contributed by atoms with van der Waals surface area (Å²) in [7, 11) is 0. The lowest BCUT2D eigenvalue weighted by Gasteiger charge is -2.34. The first-order valence-electron chi connectivity index (χ1n) is 52.2. The van der Waals surface area contributed by atoms with Crippen LogP contribution in [0.5, 0.6) is 0 Å². The van der Waals surface area contributed by atoms with Crippen molar-refractivity contribution in [2.45, 2.75) is 319 Å². The summed E-state index contributed by atoms with van der Waals surface area (Å²) in [4.78, 5) is 124. The molecule has 5 aliphatic carbocycles. The van der Waals surface area contributed by atoms with Gasteiger partial charge in [0.25, 0.3) is 0 Å². The number of Topliss-reactive ketones (excluding diaryl/α,β-unsaturated/α-hetero) is 1. The molecule has 10 aliphatic rings. The summed E-state index contributed by atoms with van der Waals surface area (Å²) in [6, 6.07) is 26.7. The fourth-order valence-electron chi connectivity index (χ4n) is 22.4. The molecule has 5 aliphatic heterocycles. The lowest BCUT2D eigenvalue weighted by molar-refractivity contribution is -0.140. The summed E-state index contributed by atoms with van der Waals surface area (Å²) in [5.41, 5.74) is 19.1. The Bertz CT molecular complexity index is 5870. The molecule has 148 heavy (non-hydrogen) atoms. The number of ether oxygens (including phenoxy) is 3. The summed E-state index contributed by atoms with van der Waals surface area (Å²) in [6.07, 6.45) is 15.1. The molecule has 5 atom stereocenters. The first-order valence-corrected chi connectivity index (χ1v) is 52.2. The SMILES string of the molecule is Cc1cc(N2Cc3cc(F)ccc3C(C)C2)nc(C)c1NC(=O)CC1CCCC1.Cc1cc(N2Cc3cc(F)ccc3C(C)C2)nc(C)c1NC(=O)OC1CCCC1.Cc1ccc2c(c1)CCN(c1nc(C)c(NC(=O)CC3CCCC3=O)c(C(F)(F)F)n1)C2.Cc1nc(N2Cc3cc(F)ccc3C(C)C2)nc(C)c1NC(=O)OC1CCCC1.Cc1nc(N2Cc3cc(F)cnc3C(C)C2)nc(C)c1NC(=O)OC1CCCC1. The Hall–Kier alpha value is -13.5. The standard InChI is InChI=1S/C24H30FN3O.C23H25F3N4O2.C23H28FN3O2.C22H27FN4O2.C21H26FN5O2/c1-15-10-22(28-13-16(2)21-9-8-20(25)12-19(21)14-28)26-17(3)24(15)27-23(29)11-18-6-4-5-7-18;1-13-6-7-17-12-30(9-8-15(17)10-13)22-27-14(2)20(21(29-22)23(24,25)26)28-19(32)11-16-4-3-5-18(16)31;1-14-10-21(27-12-15(2)20-9-8-18(24)11-17(20)13-27)25-16(3)22(14)26-23(28)29-19-6-4-5-7-19;1-13-11-27(12-16-10-17(23)8-9-19(13)16)21-24-14(2)20(15(3)25-21)26-22(28)29-18-6-4-5-7-18;1-12-10-27(11-15-8-16(22)9-23-18(12)15)20-24-13(2)19(14(3)25-20)26-21(28)29-17-6-4-5-7-17/h8-10,12,16,18H,4-7,11,13-14H2,1-3H3,(H,27,29);6-7,10,16H,3-5,8-9,11-12H2,1-2H3,(H,28,32);8-11,15,19H,4-7,12-13H2,1-3H3,(H,26,28);8-10,13,18H,4-7,11-12H2,1-3H3,(H,26,28);8-9,12,17H,4-7,10-11H2,1-3H3,(H,26,28). The summed E-state index contributed by atoms with van der Waals surface area (Å²) < 4.78 is 113. The molecule has 0 radical (unpaired) electrons. The normalized spacial score (nSPS) is 19.1. The van der Waals surface area contributed by atoms with Crippen molar-refractivity contribution in [3.63, 3.8) is 0 Å². The van der Waals surface area contributed by atoms with E-state index in [0.717, 1.165) is 188 Å². The zero-order valence-corrected chi connectivity index (χ0v) is 87.1. The van der Waals surface area contributed by atoms with E-state index in [4.69, 9.17) is 24.2 Å². The highest BCUT2D eigenvalue weighted by Crippen LogP contribution is 2.43. The van der Waals surface area contributed by atoms with Crippen molar-refractivity contribution in [3.8, 4) is 0 Å². The van der Waals surface area contributed by atoms with Gasteiger partial charge in [0.1, 0.15) is 59.0 Å². The van der Waals surface area contributed by atoms with Crippen LogP contribution in [0.3, 0.4) is 0 Å². The molecule has 5 fully saturated rings. The molecule has 20 rings (SSSR count). The number of aryl methyl sites for hydroxylation is 10. The molecule has 0 saturated heterocycles. The number of carbonyl (C=O) groups is 6. The highest BCUT2D eigenvalue weighted by Gasteiger charge is 2.41. The van der Waals surface area contributed by atoms with Gasteiger partial charge in [0, 0.05) is 96.5 Å². The predicted octanol–water partition coefficient (Wildman–Crippen LogP) is 24.4. The minimum atomic E-state index is -4.76. The van der Waals surface area contributed by atoms with Crippen LogP contribution in [0.2, 0.25) is 0 Å². The molecule has 786 valence electrons. The van der Waals surface area contributed by atoms with Gasteiger partial charge in [-0.05, 0) is 318 Å². The number of pyridine rings is 3. The number of halogens is 7. The van der Waals surface area contributed by atoms with E-state index in [1.54, 1.807) is 29.2 Å². The van der Waals surface area contributed by atoms with E-state index in [9.17, 15) is 59.5 Å². The summed E-state index contributed by atoms with van der Waals surface area (Å²) in [5.74, 6) is 2.45. The molecule has 5 unspecified atom stereocenters. The Labute approximate surface area is 861 Å². The minimum Gasteiger partial charge on any atom is -0.446 e. The third kappa shape index (κ3) is 26.8. The molecular formula is C113H136F7N19O9. The number of nitrogens with one attached hydrogen (secondary N) is 5. The van der Waals surface area contributed by atoms with E-state index >= 15 is 0 Å². The van der Waals surface area contributed by atoms with Crippen LogP contribution >= 0.6 is 0 Å². The van der Waals surface area contributed by atoms with Crippen molar-refractivity contribution in [3.05, 3.63) is 238 Å². The van der Waals surface area contributed by atoms with Gasteiger partial charge in [-0.15, -0.1) is 0 Å². The van der Waals surface area contributed by atoms with Crippen LogP contribution in [0, 0.1) is 104 Å². The van der Waals surface area contributed by atoms with Gasteiger partial charge in [-0.3, -0.25) is 35.3 Å². The van der Waals surface area contributed by atoms with Crippen molar-refractivity contribution in [1.82, 2.24) is 44.9 Å². The van der Waals surface area contributed by atoms with Crippen LogP contribution in [0.4, 0.5) is 103 Å². The molecule has 5 N–H and O–H groups in total. The first-order chi connectivity index (χ1) is 70.7. The average Bonchev–Trinajstić information content (AvgIpc) is 1.09. The number of rotatable bonds is 17. The largest absolute Gasteiger partial charge is 0.446 e. The number of carbonyl (C=O) groups excluding carboxylic acids is 6. The average molecular weight is 2040 g/mol. The quantitative estimate of drug-likeness (QED) is 0.0418. The number of hydrogen-bond acceptors (Lipinski definition) is 23. The maximum absolute atomic E-state index is 13.9. The number of alkyl halides is 3. The molecule has 0 spiro atoms. The van der Waals surface area contributed by atoms with Crippen LogP contribution in [0.25, 0.3) is 0 Å². The van der Waals surface area contributed by atoms with Crippen molar-refractivity contribution < 1.29 is 73.7 Å². The Kier molecular flexibility index (Phi) is 34.3. The molecular weight excluding hydrogens is 1900 g/mol. The van der Waals surface area contributed by atoms with Gasteiger partial charge < -0.3 is 49.3 Å². The second-order valence-corrected chi connectivity index (χ2v) is 41.8. The molecule has 6 aromatic heterocycles. The summed E-state index contributed by atoms with van der Waals surface area (Å²) >= 11 is 0. The van der Waals surface area contributed by atoms with E-state index in [0.29, 0.717) is 147 Å². The van der Waals surface area contributed by atoms with Crippen LogP contribution in [0.1, 0.15) is 304 Å². The van der Waals surface area contributed by atoms with Gasteiger partial charge in [-0.25, -0.2) is 71.8 Å². The Morgan fingerprint density at radius 3 is 1.19 bits per heavy atom. The van der Waals surface area contributed by atoms with Crippen molar-refractivity contribution in [1.29, 1.82) is 0 Å². The molecule has 10 aromatic rings. The zero-order chi connectivity index (χ0) is 105. The van der Waals surface area contributed by atoms with Gasteiger partial charge in [0.2, 0.25) is 29.7 Å². The van der Waals surface area contributed by atoms with Crippen LogP contribution in [-0.4, -0.2) is 132 Å². The maximum atomic E-state index is 13.9. The van der Waals surface area contributed by atoms with E-state index in [-0.39, 0.29) is 83.2 Å². The van der Waals surface area contributed by atoms with E-state index in [1.165, 1.54) is 66.4 Å². The third-order valence-electron chi connectivity index (χ3n) is 30.0. The van der Waals surface area contributed by atoms with Crippen molar-refractivity contribution in [2.75, 3.05) is 83.8 Å². The lowest BCUT2D eigenvalue weighted by Crippen LogP contribution is -2.35. The van der Waals surface area contributed by atoms with Crippen molar-refractivity contribution >= 4 is 93.8 Å². The fourth-order valence-corrected chi connectivity index (χ4v) is 22.4. The third-order valence-corrected chi connectivity index (χ3v) is 30.0. The molecule has 35 heteroatoms. The van der Waals surface area contributed by atoms with Gasteiger partial charge in [0.05, 0.1) is 80.2 Å². The second-order valence-electron chi connectivity index (χ2n) is 41.8. The number of aromatic nitrogens is 9. The number of fused-ring (bicyclic) bond motifs is 5. The predicted molar refractivity (Wildman–Crippen MR) is 557 cm³/mol. The molecule has 5 amide bonds. The Morgan fingerprint density at radius 2 is 0.743 bits per heavy atom. The van der Waals surface area contributed by atoms with Gasteiger partial charge in [-0.2, -0.15) is 13.2 Å². The van der Waals surface area contributed by atoms with Gasteiger partial charge >= 0.3 is 24.5 Å². The monoisotopic (exact) mass is 2040 g/mol. The molecule has 5 saturated carbocycles. The minimum absolute atomic E-state index is 0.000264. The van der Waals surface area contributed by atoms with Crippen molar-refractivity contribution in [2.24, 2.45) is 11.8 Å². The van der Waals surface area contributed by atoms with Gasteiger partial charge in [-0.1, -0.05) is 82.5 Å². The highest BCUT2D eigenvalue weighted by molar-refractivity contribution is 5.96. The summed E-state index contributed by atoms with van der Waals surface area (Å²) in [5, 5.41) is 13.9. The molecule has 28 nitrogen and oxygen atoms in total. The van der Waals surface area contributed by atoms with Crippen LogP contribution in [0.15, 0.2) is 97.2 Å². The van der Waals surface area contributed by atoms with Crippen LogP contribution < -0.4 is 51.1 Å². The topological polar surface area (TPSA) is 322 Å². The lowest BCUT2D eigenvalue weighted by atomic mass is 9.91. The van der Waals surface area contributed by atoms with E-state index in [2.05, 4.69) is 110 Å². The number of nitrogens with zero attached hydrogens (tertiary/aromatic N) is 14. The first kappa shape index (κ1) is 107. The van der Waals surface area contributed by atoms with Crippen LogP contribution in [-0.2, 0) is 73.9 Å². The number of amides is 5. The van der Waals surface area contributed by atoms with E-state index < -0.39 is 47.7 Å². The second kappa shape index (κ2) is 47.3. The molecule has 4 aromatic carbocycles. The molecule has 11 heterocycles. The van der Waals surface area contributed by atoms with Gasteiger partial charge in [0.15, 0.2) is 5.69 Å². The molecule has 0 bridgehead atoms. The van der Waals surface area contributed by atoms with E-state index in [1.807, 2.05) is 110 Å². The Morgan fingerprint density at radius 1 is 0.365 bits per heavy atom. The number of anilines is 10. The highest BCUT2D eigenvalue weighted by atomic mass is 19.4. The maximum Gasteiger partial charge on any atom is 0.435 e. The fraction of sp³-hybridized carbons (Fsp3) is 0.496. The Balaban J connectivity index is 0.000000132. The number of benzene rings is 4. The smallest absolute Gasteiger partial charge is 0.435 e. The number of ketones is 1. The number of hydrogen-bond donors (Lipinski definition) is 5. The zero-order valence-electron chi connectivity index (χ0n) is 87.1. The summed E-state index contributed by atoms with van der Waals surface area (Å²) in [6.45, 7) is 33.5.